The number of benzene rings is 4. The molecular formula is C62H66IrN5O2Pt-. The molecule has 71 heavy (non-hydrogen) atoms. The predicted octanol–water partition coefficient (Wildman–Crippen LogP) is 15.7. The van der Waals surface area contributed by atoms with E-state index < -0.39 is 5.41 Å². The molecule has 3 heterocycles. The van der Waals surface area contributed by atoms with Crippen LogP contribution in [0.2, 0.25) is 0 Å². The molecule has 0 saturated heterocycles. The van der Waals surface area contributed by atoms with Gasteiger partial charge in [0, 0.05) is 48.4 Å². The summed E-state index contributed by atoms with van der Waals surface area (Å²) in [5.74, 6) is -0.0625. The number of pyridine rings is 3. The molecule has 7 aromatic rings. The van der Waals surface area contributed by atoms with Crippen LogP contribution in [0, 0.1) is 52.3 Å². The molecule has 0 fully saturated rings. The van der Waals surface area contributed by atoms with Crippen molar-refractivity contribution in [1.29, 1.82) is 5.26 Å². The molecular weight excluding hydrogens is 1230 g/mol. The Morgan fingerprint density at radius 3 is 1.63 bits per heavy atom. The van der Waals surface area contributed by atoms with Crippen molar-refractivity contribution >= 4 is 22.4 Å². The van der Waals surface area contributed by atoms with Crippen molar-refractivity contribution in [3.8, 4) is 39.8 Å². The summed E-state index contributed by atoms with van der Waals surface area (Å²) in [6, 6.07) is 50.2. The van der Waals surface area contributed by atoms with Gasteiger partial charge >= 0.3 is 21.1 Å². The standard InChI is InChI=1S/C37H38N4.C20H20N.C5H8O2.Ir.Pt/c1-35(2,3)22-26-17-31(28-13-10-12-25(16-28)24-38)40-33(19-26)37(7,8)34-20-27(23-36(4,5)6)18-32(41-34)29-14-11-15-30(21-29)39-9;1-20(2,3)14-16-13-19(15-9-5-4-6-10-15)21-18-12-8-7-11-17(16)18;1-4(6)3-5(2)7;;/h10-12,15-21H,22-23H2,1-8H3;4-9,11-13H,14H2,1-3H3;3,6H,1-2H3;;/q-2;-1;;;+2. The minimum atomic E-state index is -0.532. The number of aromatic nitrogens is 3. The number of nitriles is 1. The van der Waals surface area contributed by atoms with Crippen LogP contribution < -0.4 is 0 Å². The molecule has 4 aromatic carbocycles. The van der Waals surface area contributed by atoms with Crippen LogP contribution in [-0.2, 0) is 70.6 Å². The van der Waals surface area contributed by atoms with Crippen molar-refractivity contribution in [2.75, 3.05) is 0 Å². The van der Waals surface area contributed by atoms with Crippen LogP contribution in [-0.4, -0.2) is 25.8 Å². The second-order valence-electron chi connectivity index (χ2n) is 21.9. The second-order valence-corrected chi connectivity index (χ2v) is 21.9. The summed E-state index contributed by atoms with van der Waals surface area (Å²) in [7, 11) is 0. The van der Waals surface area contributed by atoms with Gasteiger partial charge in [0.15, 0.2) is 5.78 Å². The number of carbonyl (C=O) groups excluding carboxylic acids is 1. The van der Waals surface area contributed by atoms with Gasteiger partial charge in [0.05, 0.1) is 23.9 Å². The molecule has 0 aliphatic rings. The minimum Gasteiger partial charge on any atom is -0.512 e. The summed E-state index contributed by atoms with van der Waals surface area (Å²) in [5, 5.41) is 19.1. The number of hydrogen-bond donors (Lipinski definition) is 1. The van der Waals surface area contributed by atoms with Gasteiger partial charge in [-0.05, 0) is 110 Å². The van der Waals surface area contributed by atoms with Gasteiger partial charge in [-0.25, -0.2) is 0 Å². The summed E-state index contributed by atoms with van der Waals surface area (Å²) in [4.78, 5) is 28.8. The normalized spacial score (nSPS) is 11.6. The second kappa shape index (κ2) is 25.5. The van der Waals surface area contributed by atoms with Crippen LogP contribution >= 0.6 is 0 Å². The van der Waals surface area contributed by atoms with E-state index in [-0.39, 0.29) is 69.0 Å². The van der Waals surface area contributed by atoms with Crippen LogP contribution in [0.25, 0.3) is 49.5 Å². The summed E-state index contributed by atoms with van der Waals surface area (Å²) < 4.78 is 0. The Bertz CT molecular complexity index is 2910. The van der Waals surface area contributed by atoms with Gasteiger partial charge in [-0.1, -0.05) is 110 Å². The predicted molar refractivity (Wildman–Crippen MR) is 283 cm³/mol. The average molecular weight is 1300 g/mol. The number of ketones is 1. The minimum absolute atomic E-state index is 0. The van der Waals surface area contributed by atoms with Crippen molar-refractivity contribution in [2.45, 2.75) is 115 Å². The summed E-state index contributed by atoms with van der Waals surface area (Å²) in [6.07, 6.45) is 3.97. The molecule has 1 N–H and O–H groups in total. The van der Waals surface area contributed by atoms with Crippen LogP contribution in [0.4, 0.5) is 5.69 Å². The summed E-state index contributed by atoms with van der Waals surface area (Å²) >= 11 is 0. The smallest absolute Gasteiger partial charge is 0.512 e. The van der Waals surface area contributed by atoms with E-state index in [9.17, 15) is 10.1 Å². The number of aliphatic hydroxyl groups excluding tert-OH is 1. The Labute approximate surface area is 451 Å². The largest absolute Gasteiger partial charge is 2.00 e. The quantitative estimate of drug-likeness (QED) is 0.0877. The third-order valence-electron chi connectivity index (χ3n) is 10.8. The molecule has 0 saturated carbocycles. The Balaban J connectivity index is 0.000000369. The first-order chi connectivity index (χ1) is 32.3. The molecule has 0 atom stereocenters. The van der Waals surface area contributed by atoms with Gasteiger partial charge in [0.25, 0.3) is 0 Å². The van der Waals surface area contributed by atoms with Crippen LogP contribution in [0.5, 0.6) is 0 Å². The van der Waals surface area contributed by atoms with Crippen molar-refractivity contribution in [1.82, 2.24) is 15.0 Å². The Hall–Kier alpha value is -5.88. The van der Waals surface area contributed by atoms with Crippen molar-refractivity contribution in [3.05, 3.63) is 190 Å². The number of para-hydroxylation sites is 1. The van der Waals surface area contributed by atoms with E-state index in [1.807, 2.05) is 30.3 Å². The van der Waals surface area contributed by atoms with E-state index >= 15 is 0 Å². The molecule has 1 radical (unpaired) electrons. The van der Waals surface area contributed by atoms with E-state index in [0.717, 1.165) is 69.9 Å². The monoisotopic (exact) mass is 1300 g/mol. The Morgan fingerprint density at radius 1 is 0.648 bits per heavy atom. The maximum Gasteiger partial charge on any atom is 2.00 e. The van der Waals surface area contributed by atoms with Gasteiger partial charge in [-0.2, -0.15) is 11.3 Å². The third kappa shape index (κ3) is 18.3. The maximum atomic E-state index is 10.0. The van der Waals surface area contributed by atoms with Crippen LogP contribution in [0.15, 0.2) is 127 Å². The molecule has 371 valence electrons. The molecule has 0 bridgehead atoms. The number of fused-ring (bicyclic) bond motifs is 1. The van der Waals surface area contributed by atoms with E-state index in [1.165, 1.54) is 42.0 Å². The summed E-state index contributed by atoms with van der Waals surface area (Å²) in [5.41, 5.74) is 12.9. The first kappa shape index (κ1) is 59.4. The molecule has 3 aromatic heterocycles. The fourth-order valence-corrected chi connectivity index (χ4v) is 7.96. The first-order valence-electron chi connectivity index (χ1n) is 23.4. The Kier molecular flexibility index (Phi) is 21.3. The molecule has 0 spiro atoms. The third-order valence-corrected chi connectivity index (χ3v) is 10.8. The number of carbonyl (C=O) groups is 1. The van der Waals surface area contributed by atoms with Gasteiger partial charge in [-0.15, -0.1) is 89.5 Å². The molecule has 0 aliphatic carbocycles. The molecule has 7 nitrogen and oxygen atoms in total. The zero-order valence-corrected chi connectivity index (χ0v) is 48.1. The van der Waals surface area contributed by atoms with Crippen molar-refractivity contribution < 1.29 is 51.1 Å². The molecule has 7 rings (SSSR count). The van der Waals surface area contributed by atoms with Crippen molar-refractivity contribution in [3.63, 3.8) is 0 Å². The number of allylic oxidation sites excluding steroid dienone is 2. The van der Waals surface area contributed by atoms with E-state index in [0.29, 0.717) is 11.3 Å². The van der Waals surface area contributed by atoms with Gasteiger partial charge < -0.3 is 15.1 Å². The summed E-state index contributed by atoms with van der Waals surface area (Å²) in [6.45, 7) is 34.9. The zero-order valence-electron chi connectivity index (χ0n) is 43.4. The van der Waals surface area contributed by atoms with Crippen LogP contribution in [0.3, 0.4) is 0 Å². The fraction of sp³-hybridized carbons (Fsp3) is 0.323. The van der Waals surface area contributed by atoms with E-state index in [1.54, 1.807) is 24.3 Å². The van der Waals surface area contributed by atoms with Crippen LogP contribution in [0.1, 0.15) is 124 Å². The topological polar surface area (TPSA) is 104 Å². The molecule has 9 heteroatoms. The maximum absolute atomic E-state index is 10.0. The molecule has 0 amide bonds. The number of rotatable bonds is 9. The number of hydrogen-bond acceptors (Lipinski definition) is 6. The van der Waals surface area contributed by atoms with Crippen molar-refractivity contribution in [2.24, 2.45) is 16.2 Å². The number of nitrogens with zero attached hydrogens (tertiary/aromatic N) is 5. The van der Waals surface area contributed by atoms with Gasteiger partial charge in [0.1, 0.15) is 5.69 Å². The number of aliphatic hydroxyl groups is 1. The average Bonchev–Trinajstić information content (AvgIpc) is 3.27. The SMILES string of the molecule is CC(=O)C=C(C)O.CC(C)(C)Cc1cc(-c2[c-]cccc2)nc2ccccc12.[C-]#[N+]c1cc[c-]c(-c2cc(CC(C)(C)C)cc(C(C)(C)c3cc(CC(C)(C)C)cc(-c4[c-]ccc(C#N)c4)n3)n2)c1.[Ir].[Pt+2]. The molecule has 0 aliphatic heterocycles. The van der Waals surface area contributed by atoms with E-state index in [2.05, 4.69) is 166 Å². The first-order valence-corrected chi connectivity index (χ1v) is 23.4. The molecule has 0 unspecified atom stereocenters. The Morgan fingerprint density at radius 2 is 1.15 bits per heavy atom. The zero-order chi connectivity index (χ0) is 50.7. The fourth-order valence-electron chi connectivity index (χ4n) is 7.96. The van der Waals surface area contributed by atoms with Gasteiger partial charge in [0.2, 0.25) is 0 Å². The van der Waals surface area contributed by atoms with Gasteiger partial charge in [-0.3, -0.25) is 14.6 Å². The van der Waals surface area contributed by atoms with E-state index in [4.69, 9.17) is 26.6 Å².